The van der Waals surface area contributed by atoms with E-state index in [2.05, 4.69) is 54.5 Å². The van der Waals surface area contributed by atoms with Gasteiger partial charge in [-0.1, -0.05) is 42.8 Å². The molecule has 0 bridgehead atoms. The van der Waals surface area contributed by atoms with E-state index in [0.717, 1.165) is 24.0 Å². The van der Waals surface area contributed by atoms with E-state index in [1.807, 2.05) is 13.1 Å². The molecular weight excluding hydrogens is 300 g/mol. The van der Waals surface area contributed by atoms with Gasteiger partial charge in [0.15, 0.2) is 0 Å². The highest BCUT2D eigenvalue weighted by Gasteiger charge is 2.06. The Kier molecular flexibility index (Phi) is 6.24. The van der Waals surface area contributed by atoms with Crippen molar-refractivity contribution in [2.45, 2.75) is 25.9 Å². The standard InChI is InChI=1S/C17H23ClN2S/c1-13(10-19-2)15-6-4-14(5-7-15)11-20(3)12-16-8-9-17(18)21-16/h4-9,13,19H,10-12H2,1-3H3. The van der Waals surface area contributed by atoms with Gasteiger partial charge in [-0.2, -0.15) is 0 Å². The molecule has 1 unspecified atom stereocenters. The lowest BCUT2D eigenvalue weighted by Crippen LogP contribution is -2.17. The lowest BCUT2D eigenvalue weighted by atomic mass is 10.00. The van der Waals surface area contributed by atoms with E-state index in [9.17, 15) is 0 Å². The maximum atomic E-state index is 5.97. The van der Waals surface area contributed by atoms with Crippen LogP contribution in [0.5, 0.6) is 0 Å². The molecule has 1 aromatic carbocycles. The van der Waals surface area contributed by atoms with Crippen LogP contribution in [0.15, 0.2) is 36.4 Å². The first-order chi connectivity index (χ1) is 10.1. The average Bonchev–Trinajstić information content (AvgIpc) is 2.85. The minimum Gasteiger partial charge on any atom is -0.319 e. The Morgan fingerprint density at radius 1 is 1.14 bits per heavy atom. The highest BCUT2D eigenvalue weighted by atomic mass is 35.5. The van der Waals surface area contributed by atoms with Crippen LogP contribution in [0.3, 0.4) is 0 Å². The van der Waals surface area contributed by atoms with E-state index in [-0.39, 0.29) is 0 Å². The van der Waals surface area contributed by atoms with Gasteiger partial charge in [0.1, 0.15) is 0 Å². The molecule has 1 aromatic heterocycles. The summed E-state index contributed by atoms with van der Waals surface area (Å²) in [4.78, 5) is 3.62. The zero-order valence-electron chi connectivity index (χ0n) is 12.9. The second kappa shape index (κ2) is 7.95. The number of rotatable bonds is 7. The Bertz CT molecular complexity index is 550. The van der Waals surface area contributed by atoms with E-state index < -0.39 is 0 Å². The number of thiophene rings is 1. The van der Waals surface area contributed by atoms with Gasteiger partial charge in [-0.3, -0.25) is 4.90 Å². The molecule has 0 fully saturated rings. The van der Waals surface area contributed by atoms with Gasteiger partial charge in [-0.15, -0.1) is 11.3 Å². The molecule has 0 radical (unpaired) electrons. The number of halogens is 1. The summed E-state index contributed by atoms with van der Waals surface area (Å²) >= 11 is 7.63. The lowest BCUT2D eigenvalue weighted by Gasteiger charge is -2.17. The van der Waals surface area contributed by atoms with Crippen LogP contribution >= 0.6 is 22.9 Å². The molecular formula is C17H23ClN2S. The molecule has 1 heterocycles. The van der Waals surface area contributed by atoms with Crippen molar-refractivity contribution in [1.29, 1.82) is 0 Å². The highest BCUT2D eigenvalue weighted by Crippen LogP contribution is 2.23. The summed E-state index contributed by atoms with van der Waals surface area (Å²) in [6.07, 6.45) is 0. The minimum atomic E-state index is 0.551. The summed E-state index contributed by atoms with van der Waals surface area (Å²) in [6.45, 7) is 5.15. The zero-order valence-corrected chi connectivity index (χ0v) is 14.5. The SMILES string of the molecule is CNCC(C)c1ccc(CN(C)Cc2ccc(Cl)s2)cc1. The minimum absolute atomic E-state index is 0.551. The average molecular weight is 323 g/mol. The van der Waals surface area contributed by atoms with Crippen LogP contribution < -0.4 is 5.32 Å². The summed E-state index contributed by atoms with van der Waals surface area (Å²) in [5.41, 5.74) is 2.74. The van der Waals surface area contributed by atoms with Crippen molar-refractivity contribution in [3.8, 4) is 0 Å². The molecule has 0 aliphatic heterocycles. The Hall–Kier alpha value is -0.870. The fraction of sp³-hybridized carbons (Fsp3) is 0.412. The third kappa shape index (κ3) is 5.11. The molecule has 0 aliphatic carbocycles. The molecule has 21 heavy (non-hydrogen) atoms. The molecule has 1 atom stereocenters. The van der Waals surface area contributed by atoms with E-state index in [0.29, 0.717) is 5.92 Å². The van der Waals surface area contributed by atoms with E-state index >= 15 is 0 Å². The molecule has 0 aliphatic rings. The topological polar surface area (TPSA) is 15.3 Å². The van der Waals surface area contributed by atoms with Crippen molar-refractivity contribution in [2.24, 2.45) is 0 Å². The second-order valence-electron chi connectivity index (χ2n) is 5.58. The first-order valence-electron chi connectivity index (χ1n) is 7.24. The van der Waals surface area contributed by atoms with Crippen molar-refractivity contribution in [3.63, 3.8) is 0 Å². The molecule has 4 heteroatoms. The van der Waals surface area contributed by atoms with Gasteiger partial charge in [0, 0.05) is 24.5 Å². The molecule has 1 N–H and O–H groups in total. The third-order valence-corrected chi connectivity index (χ3v) is 4.78. The Morgan fingerprint density at radius 2 is 1.86 bits per heavy atom. The van der Waals surface area contributed by atoms with Gasteiger partial charge in [-0.25, -0.2) is 0 Å². The summed E-state index contributed by atoms with van der Waals surface area (Å²) < 4.78 is 0.862. The van der Waals surface area contributed by atoms with Gasteiger partial charge in [0.25, 0.3) is 0 Å². The van der Waals surface area contributed by atoms with Crippen LogP contribution in [0.2, 0.25) is 4.34 Å². The van der Waals surface area contributed by atoms with Crippen molar-refractivity contribution in [2.75, 3.05) is 20.6 Å². The zero-order chi connectivity index (χ0) is 15.2. The molecule has 2 rings (SSSR count). The van der Waals surface area contributed by atoms with Crippen LogP contribution in [0.4, 0.5) is 0 Å². The number of hydrogen-bond donors (Lipinski definition) is 1. The van der Waals surface area contributed by atoms with Gasteiger partial charge in [0.05, 0.1) is 4.34 Å². The number of nitrogens with one attached hydrogen (secondary N) is 1. The van der Waals surface area contributed by atoms with Crippen LogP contribution in [-0.4, -0.2) is 25.5 Å². The fourth-order valence-electron chi connectivity index (χ4n) is 2.45. The number of likely N-dealkylation sites (N-methyl/N-ethyl adjacent to an activating group) is 1. The predicted octanol–water partition coefficient (Wildman–Crippen LogP) is 4.36. The van der Waals surface area contributed by atoms with E-state index in [1.165, 1.54) is 16.0 Å². The fourth-order valence-corrected chi connectivity index (χ4v) is 3.61. The van der Waals surface area contributed by atoms with Gasteiger partial charge in [-0.05, 0) is 43.3 Å². The van der Waals surface area contributed by atoms with Crippen LogP contribution in [0.1, 0.15) is 28.8 Å². The molecule has 114 valence electrons. The Labute approximate surface area is 136 Å². The third-order valence-electron chi connectivity index (χ3n) is 3.57. The summed E-state index contributed by atoms with van der Waals surface area (Å²) in [5, 5.41) is 3.22. The largest absolute Gasteiger partial charge is 0.319 e. The number of benzene rings is 1. The van der Waals surface area contributed by atoms with E-state index in [4.69, 9.17) is 11.6 Å². The molecule has 2 nitrogen and oxygen atoms in total. The maximum Gasteiger partial charge on any atom is 0.0931 e. The van der Waals surface area contributed by atoms with Gasteiger partial charge >= 0.3 is 0 Å². The predicted molar refractivity (Wildman–Crippen MR) is 93.3 cm³/mol. The molecule has 0 spiro atoms. The van der Waals surface area contributed by atoms with Crippen molar-refractivity contribution in [1.82, 2.24) is 10.2 Å². The maximum absolute atomic E-state index is 5.97. The monoisotopic (exact) mass is 322 g/mol. The first kappa shape index (κ1) is 16.5. The van der Waals surface area contributed by atoms with Gasteiger partial charge < -0.3 is 5.32 Å². The quantitative estimate of drug-likeness (QED) is 0.815. The second-order valence-corrected chi connectivity index (χ2v) is 7.38. The summed E-state index contributed by atoms with van der Waals surface area (Å²) in [6, 6.07) is 13.0. The van der Waals surface area contributed by atoms with E-state index in [1.54, 1.807) is 11.3 Å². The smallest absolute Gasteiger partial charge is 0.0931 e. The van der Waals surface area contributed by atoms with Crippen molar-refractivity contribution >= 4 is 22.9 Å². The Morgan fingerprint density at radius 3 is 2.43 bits per heavy atom. The number of hydrogen-bond acceptors (Lipinski definition) is 3. The molecule has 0 saturated heterocycles. The van der Waals surface area contributed by atoms with Crippen LogP contribution in [0.25, 0.3) is 0 Å². The lowest BCUT2D eigenvalue weighted by molar-refractivity contribution is 0.322. The molecule has 0 amide bonds. The number of nitrogens with zero attached hydrogens (tertiary/aromatic N) is 1. The molecule has 2 aromatic rings. The van der Waals surface area contributed by atoms with Gasteiger partial charge in [0.2, 0.25) is 0 Å². The van der Waals surface area contributed by atoms with Crippen molar-refractivity contribution in [3.05, 3.63) is 56.7 Å². The van der Waals surface area contributed by atoms with Crippen LogP contribution in [0, 0.1) is 0 Å². The highest BCUT2D eigenvalue weighted by molar-refractivity contribution is 7.16. The summed E-state index contributed by atoms with van der Waals surface area (Å²) in [7, 11) is 4.14. The Balaban J connectivity index is 1.90. The van der Waals surface area contributed by atoms with Crippen LogP contribution in [-0.2, 0) is 13.1 Å². The molecule has 0 saturated carbocycles. The first-order valence-corrected chi connectivity index (χ1v) is 8.44. The summed E-state index contributed by atoms with van der Waals surface area (Å²) in [5.74, 6) is 0.551. The normalized spacial score (nSPS) is 12.8. The van der Waals surface area contributed by atoms with Crippen molar-refractivity contribution < 1.29 is 0 Å².